The third-order valence-corrected chi connectivity index (χ3v) is 3.80. The molecule has 0 bridgehead atoms. The third-order valence-electron chi connectivity index (χ3n) is 3.80. The second kappa shape index (κ2) is 7.04. The number of ether oxygens (including phenoxy) is 2. The van der Waals surface area contributed by atoms with E-state index in [9.17, 15) is 5.11 Å². The molecular weight excluding hydrogens is 256 g/mol. The van der Waals surface area contributed by atoms with Crippen LogP contribution in [0.25, 0.3) is 0 Å². The summed E-state index contributed by atoms with van der Waals surface area (Å²) in [5, 5.41) is 9.57. The number of aliphatic hydroxyl groups excluding tert-OH is 1. The van der Waals surface area contributed by atoms with Crippen LogP contribution in [0.15, 0.2) is 24.3 Å². The number of aliphatic hydroxyl groups is 1. The molecule has 2 rings (SSSR count). The van der Waals surface area contributed by atoms with Gasteiger partial charge in [-0.1, -0.05) is 18.2 Å². The summed E-state index contributed by atoms with van der Waals surface area (Å²) in [6, 6.07) is 7.83. The van der Waals surface area contributed by atoms with Crippen LogP contribution in [0.2, 0.25) is 0 Å². The van der Waals surface area contributed by atoms with E-state index >= 15 is 0 Å². The molecule has 1 aromatic rings. The predicted molar refractivity (Wildman–Crippen MR) is 77.8 cm³/mol. The number of morpholine rings is 1. The van der Waals surface area contributed by atoms with Gasteiger partial charge in [-0.25, -0.2) is 0 Å². The fourth-order valence-electron chi connectivity index (χ4n) is 2.87. The van der Waals surface area contributed by atoms with Crippen LogP contribution in [0.4, 0.5) is 0 Å². The van der Waals surface area contributed by atoms with Crippen LogP contribution in [0, 0.1) is 0 Å². The van der Waals surface area contributed by atoms with Crippen LogP contribution in [-0.2, 0) is 4.74 Å². The van der Waals surface area contributed by atoms with E-state index in [1.165, 1.54) is 0 Å². The van der Waals surface area contributed by atoms with Crippen molar-refractivity contribution in [1.82, 2.24) is 4.90 Å². The first kappa shape index (κ1) is 15.3. The second-order valence-corrected chi connectivity index (χ2v) is 5.20. The zero-order valence-electron chi connectivity index (χ0n) is 12.2. The first-order valence-corrected chi connectivity index (χ1v) is 7.02. The largest absolute Gasteiger partial charge is 0.496 e. The minimum Gasteiger partial charge on any atom is -0.496 e. The molecule has 0 aromatic heterocycles. The smallest absolute Gasteiger partial charge is 0.123 e. The SMILES string of the molecule is COc1ccccc1C(C(C)N)N1CCOCC1CO. The highest BCUT2D eigenvalue weighted by molar-refractivity contribution is 5.37. The van der Waals surface area contributed by atoms with Crippen LogP contribution in [-0.4, -0.2) is 55.6 Å². The van der Waals surface area contributed by atoms with Gasteiger partial charge in [0.25, 0.3) is 0 Å². The second-order valence-electron chi connectivity index (χ2n) is 5.20. The van der Waals surface area contributed by atoms with Crippen molar-refractivity contribution >= 4 is 0 Å². The molecule has 1 fully saturated rings. The zero-order chi connectivity index (χ0) is 14.5. The van der Waals surface area contributed by atoms with Gasteiger partial charge in [0.1, 0.15) is 5.75 Å². The normalized spacial score (nSPS) is 23.3. The minimum atomic E-state index is -0.0709. The molecule has 3 unspecified atom stereocenters. The molecule has 0 spiro atoms. The van der Waals surface area contributed by atoms with Crippen molar-refractivity contribution in [2.45, 2.75) is 25.0 Å². The van der Waals surface area contributed by atoms with Crippen molar-refractivity contribution in [1.29, 1.82) is 0 Å². The van der Waals surface area contributed by atoms with Crippen molar-refractivity contribution in [2.75, 3.05) is 33.5 Å². The lowest BCUT2D eigenvalue weighted by molar-refractivity contribution is -0.0519. The number of rotatable bonds is 5. The number of methoxy groups -OCH3 is 1. The molecular formula is C15H24N2O3. The molecule has 1 heterocycles. The van der Waals surface area contributed by atoms with Gasteiger partial charge in [0.2, 0.25) is 0 Å². The molecule has 112 valence electrons. The Morgan fingerprint density at radius 1 is 1.50 bits per heavy atom. The molecule has 3 N–H and O–H groups in total. The van der Waals surface area contributed by atoms with E-state index in [0.717, 1.165) is 17.9 Å². The number of nitrogens with zero attached hydrogens (tertiary/aromatic N) is 1. The lowest BCUT2D eigenvalue weighted by atomic mass is 9.96. The van der Waals surface area contributed by atoms with Gasteiger partial charge in [-0.05, 0) is 13.0 Å². The van der Waals surface area contributed by atoms with Crippen molar-refractivity contribution in [3.8, 4) is 5.75 Å². The Morgan fingerprint density at radius 2 is 2.25 bits per heavy atom. The number of hydrogen-bond donors (Lipinski definition) is 2. The van der Waals surface area contributed by atoms with Crippen LogP contribution >= 0.6 is 0 Å². The van der Waals surface area contributed by atoms with Gasteiger partial charge in [-0.3, -0.25) is 4.90 Å². The van der Waals surface area contributed by atoms with Gasteiger partial charge in [-0.15, -0.1) is 0 Å². The molecule has 5 heteroatoms. The van der Waals surface area contributed by atoms with Gasteiger partial charge < -0.3 is 20.3 Å². The number of benzene rings is 1. The van der Waals surface area contributed by atoms with Gasteiger partial charge in [0.15, 0.2) is 0 Å². The molecule has 3 atom stereocenters. The van der Waals surface area contributed by atoms with Gasteiger partial charge in [-0.2, -0.15) is 0 Å². The Morgan fingerprint density at radius 3 is 2.90 bits per heavy atom. The molecule has 5 nitrogen and oxygen atoms in total. The maximum absolute atomic E-state index is 9.57. The first-order chi connectivity index (χ1) is 9.69. The minimum absolute atomic E-state index is 0.00667. The monoisotopic (exact) mass is 280 g/mol. The summed E-state index contributed by atoms with van der Waals surface area (Å²) >= 11 is 0. The Hall–Kier alpha value is -1.14. The van der Waals surface area contributed by atoms with Crippen molar-refractivity contribution in [2.24, 2.45) is 5.73 Å². The molecule has 1 aliphatic rings. The van der Waals surface area contributed by atoms with E-state index in [-0.39, 0.29) is 24.7 Å². The molecule has 0 radical (unpaired) electrons. The number of nitrogens with two attached hydrogens (primary N) is 1. The van der Waals surface area contributed by atoms with Crippen LogP contribution in [0.5, 0.6) is 5.75 Å². The molecule has 20 heavy (non-hydrogen) atoms. The van der Waals surface area contributed by atoms with Gasteiger partial charge in [0, 0.05) is 18.2 Å². The van der Waals surface area contributed by atoms with Crippen LogP contribution in [0.3, 0.4) is 0 Å². The van der Waals surface area contributed by atoms with Gasteiger partial charge in [0.05, 0.1) is 39.0 Å². The number of hydrogen-bond acceptors (Lipinski definition) is 5. The fourth-order valence-corrected chi connectivity index (χ4v) is 2.87. The molecule has 1 aliphatic heterocycles. The quantitative estimate of drug-likeness (QED) is 0.834. The summed E-state index contributed by atoms with van der Waals surface area (Å²) in [6.45, 7) is 4.01. The fraction of sp³-hybridized carbons (Fsp3) is 0.600. The highest BCUT2D eigenvalue weighted by Gasteiger charge is 2.33. The summed E-state index contributed by atoms with van der Waals surface area (Å²) in [5.41, 5.74) is 7.28. The first-order valence-electron chi connectivity index (χ1n) is 7.02. The maximum atomic E-state index is 9.57. The summed E-state index contributed by atoms with van der Waals surface area (Å²) < 4.78 is 10.9. The highest BCUT2D eigenvalue weighted by Crippen LogP contribution is 2.33. The average Bonchev–Trinajstić information content (AvgIpc) is 2.48. The Kier molecular flexibility index (Phi) is 5.37. The van der Waals surface area contributed by atoms with E-state index in [1.807, 2.05) is 31.2 Å². The Labute approximate surface area is 120 Å². The zero-order valence-corrected chi connectivity index (χ0v) is 12.2. The van der Waals surface area contributed by atoms with Gasteiger partial charge >= 0.3 is 0 Å². The maximum Gasteiger partial charge on any atom is 0.123 e. The number of para-hydroxylation sites is 1. The van der Waals surface area contributed by atoms with E-state index in [0.29, 0.717) is 13.2 Å². The Balaban J connectivity index is 2.34. The van der Waals surface area contributed by atoms with E-state index in [2.05, 4.69) is 4.90 Å². The topological polar surface area (TPSA) is 68.0 Å². The summed E-state index contributed by atoms with van der Waals surface area (Å²) in [6.07, 6.45) is 0. The molecule has 0 saturated carbocycles. The summed E-state index contributed by atoms with van der Waals surface area (Å²) in [5.74, 6) is 0.831. The molecule has 0 aliphatic carbocycles. The van der Waals surface area contributed by atoms with E-state index in [1.54, 1.807) is 7.11 Å². The van der Waals surface area contributed by atoms with E-state index in [4.69, 9.17) is 15.2 Å². The van der Waals surface area contributed by atoms with Crippen molar-refractivity contribution in [3.63, 3.8) is 0 Å². The average molecular weight is 280 g/mol. The Bertz CT molecular complexity index is 425. The standard InChI is InChI=1S/C15H24N2O3/c1-11(16)15(13-5-3-4-6-14(13)19-2)17-7-8-20-10-12(17)9-18/h3-6,11-12,15,18H,7-10,16H2,1-2H3. The van der Waals surface area contributed by atoms with Crippen molar-refractivity contribution in [3.05, 3.63) is 29.8 Å². The predicted octanol–water partition coefficient (Wildman–Crippen LogP) is 0.777. The lowest BCUT2D eigenvalue weighted by Gasteiger charge is -2.42. The third kappa shape index (κ3) is 3.12. The highest BCUT2D eigenvalue weighted by atomic mass is 16.5. The van der Waals surface area contributed by atoms with Crippen LogP contribution in [0.1, 0.15) is 18.5 Å². The van der Waals surface area contributed by atoms with Crippen molar-refractivity contribution < 1.29 is 14.6 Å². The molecule has 1 aromatic carbocycles. The van der Waals surface area contributed by atoms with E-state index < -0.39 is 0 Å². The molecule has 1 saturated heterocycles. The lowest BCUT2D eigenvalue weighted by Crippen LogP contribution is -2.52. The van der Waals surface area contributed by atoms with Crippen LogP contribution < -0.4 is 10.5 Å². The molecule has 0 amide bonds. The summed E-state index contributed by atoms with van der Waals surface area (Å²) in [4.78, 5) is 2.23. The summed E-state index contributed by atoms with van der Waals surface area (Å²) in [7, 11) is 1.67.